The second kappa shape index (κ2) is 8.77. The maximum Gasteiger partial charge on any atom is 0.323 e. The Balaban J connectivity index is 1.62. The van der Waals surface area contributed by atoms with Crippen molar-refractivity contribution in [2.24, 2.45) is 4.99 Å². The number of aryl methyl sites for hydroxylation is 1. The highest BCUT2D eigenvalue weighted by atomic mass is 32.1. The highest BCUT2D eigenvalue weighted by Gasteiger charge is 2.09. The van der Waals surface area contributed by atoms with Crippen molar-refractivity contribution >= 4 is 33.3 Å². The molecule has 1 N–H and O–H groups in total. The fourth-order valence-electron chi connectivity index (χ4n) is 2.88. The number of aliphatic carboxylic acids is 1. The Morgan fingerprint density at radius 2 is 1.81 bits per heavy atom. The number of nitrogens with zero attached hydrogens (tertiary/aromatic N) is 2. The average Bonchev–Trinajstić information content (AvgIpc) is 2.99. The number of hydrogen-bond acceptors (Lipinski definition) is 4. The number of Topliss-reactive ketones (excluding diaryl/α,β-unsaturated/α-hetero) is 1. The highest BCUT2D eigenvalue weighted by molar-refractivity contribution is 7.16. The number of fused-ring (bicyclic) bond motifs is 1. The van der Waals surface area contributed by atoms with Gasteiger partial charge in [-0.25, -0.2) is 0 Å². The van der Waals surface area contributed by atoms with Crippen LogP contribution in [0.2, 0.25) is 0 Å². The van der Waals surface area contributed by atoms with Crippen molar-refractivity contribution in [2.75, 3.05) is 6.54 Å². The summed E-state index contributed by atoms with van der Waals surface area (Å²) in [6, 6.07) is 15.3. The summed E-state index contributed by atoms with van der Waals surface area (Å²) in [6.45, 7) is 2.47. The van der Waals surface area contributed by atoms with E-state index in [9.17, 15) is 9.59 Å². The summed E-state index contributed by atoms with van der Waals surface area (Å²) >= 11 is 1.49. The van der Waals surface area contributed by atoms with Crippen molar-refractivity contribution in [1.82, 2.24) is 4.57 Å². The van der Waals surface area contributed by atoms with E-state index in [0.29, 0.717) is 17.8 Å². The Kier molecular flexibility index (Phi) is 6.19. The highest BCUT2D eigenvalue weighted by Crippen LogP contribution is 2.16. The monoisotopic (exact) mass is 382 g/mol. The fraction of sp³-hybridized carbons (Fsp3) is 0.286. The van der Waals surface area contributed by atoms with E-state index in [1.807, 2.05) is 55.5 Å². The van der Waals surface area contributed by atoms with Crippen LogP contribution in [0.3, 0.4) is 0 Å². The lowest BCUT2D eigenvalue weighted by Gasteiger charge is -2.02. The quantitative estimate of drug-likeness (QED) is 0.472. The van der Waals surface area contributed by atoms with Crippen molar-refractivity contribution in [1.29, 1.82) is 0 Å². The Hall–Kier alpha value is -2.73. The zero-order valence-corrected chi connectivity index (χ0v) is 16.0. The Morgan fingerprint density at radius 1 is 1.07 bits per heavy atom. The number of para-hydroxylation sites is 1. The predicted octanol–water partition coefficient (Wildman–Crippen LogP) is 4.05. The number of carboxylic acid groups (broad SMARTS) is 1. The lowest BCUT2D eigenvalue weighted by atomic mass is 10.0. The minimum absolute atomic E-state index is 0.102. The maximum absolute atomic E-state index is 12.2. The van der Waals surface area contributed by atoms with E-state index in [1.54, 1.807) is 4.57 Å². The molecule has 1 heterocycles. The number of rotatable bonds is 8. The molecule has 0 aliphatic rings. The molecule has 0 spiro atoms. The molecule has 1 aromatic heterocycles. The van der Waals surface area contributed by atoms with Crippen LogP contribution >= 0.6 is 11.3 Å². The molecule has 2 aromatic carbocycles. The van der Waals surface area contributed by atoms with E-state index in [-0.39, 0.29) is 12.3 Å². The standard InChI is InChI=1S/C21H22N2O3S/c1-15-9-11-16(12-10-15)18(24)7-4-5-13-22-21-23(14-20(25)26)17-6-2-3-8-19(17)27-21/h2-3,6,8-12H,4-5,7,13-14H2,1H3,(H,25,26). The number of carbonyl (C=O) groups is 2. The number of aromatic nitrogens is 1. The number of unbranched alkanes of at least 4 members (excludes halogenated alkanes) is 1. The van der Waals surface area contributed by atoms with E-state index < -0.39 is 5.97 Å². The number of carboxylic acids is 1. The van der Waals surface area contributed by atoms with Crippen LogP contribution in [0.1, 0.15) is 35.2 Å². The van der Waals surface area contributed by atoms with E-state index >= 15 is 0 Å². The Labute approximate surface area is 161 Å². The van der Waals surface area contributed by atoms with Crippen LogP contribution in [-0.2, 0) is 11.3 Å². The summed E-state index contributed by atoms with van der Waals surface area (Å²) in [5.74, 6) is -0.735. The molecule has 0 radical (unpaired) electrons. The van der Waals surface area contributed by atoms with Crippen molar-refractivity contribution < 1.29 is 14.7 Å². The van der Waals surface area contributed by atoms with Crippen molar-refractivity contribution in [3.05, 3.63) is 64.5 Å². The van der Waals surface area contributed by atoms with Gasteiger partial charge in [0.05, 0.1) is 10.2 Å². The summed E-state index contributed by atoms with van der Waals surface area (Å²) in [5, 5.41) is 9.17. The van der Waals surface area contributed by atoms with Gasteiger partial charge in [-0.15, -0.1) is 0 Å². The Bertz CT molecular complexity index is 1020. The van der Waals surface area contributed by atoms with E-state index in [0.717, 1.165) is 34.2 Å². The van der Waals surface area contributed by atoms with Gasteiger partial charge in [0.25, 0.3) is 0 Å². The smallest absolute Gasteiger partial charge is 0.323 e. The minimum atomic E-state index is -0.885. The molecule has 0 aliphatic carbocycles. The number of benzene rings is 2. The molecule has 3 rings (SSSR count). The second-order valence-corrected chi connectivity index (χ2v) is 7.47. The van der Waals surface area contributed by atoms with E-state index in [4.69, 9.17) is 5.11 Å². The minimum Gasteiger partial charge on any atom is -0.480 e. The van der Waals surface area contributed by atoms with Gasteiger partial charge in [0.1, 0.15) is 6.54 Å². The van der Waals surface area contributed by atoms with Gasteiger partial charge < -0.3 is 9.67 Å². The molecule has 3 aromatic rings. The summed E-state index contributed by atoms with van der Waals surface area (Å²) in [4.78, 5) is 28.7. The molecule has 0 amide bonds. The van der Waals surface area contributed by atoms with Crippen LogP contribution in [0.15, 0.2) is 53.5 Å². The molecular formula is C21H22N2O3S. The predicted molar refractivity (Wildman–Crippen MR) is 107 cm³/mol. The molecule has 140 valence electrons. The molecular weight excluding hydrogens is 360 g/mol. The van der Waals surface area contributed by atoms with E-state index in [2.05, 4.69) is 4.99 Å². The molecule has 0 aliphatic heterocycles. The van der Waals surface area contributed by atoms with Crippen LogP contribution in [0, 0.1) is 6.92 Å². The van der Waals surface area contributed by atoms with Gasteiger partial charge in [-0.05, 0) is 31.9 Å². The molecule has 0 saturated heterocycles. The number of ketones is 1. The third-order valence-corrected chi connectivity index (χ3v) is 5.41. The summed E-state index contributed by atoms with van der Waals surface area (Å²) in [7, 11) is 0. The molecule has 0 saturated carbocycles. The van der Waals surface area contributed by atoms with Crippen molar-refractivity contribution in [3.63, 3.8) is 0 Å². The zero-order valence-electron chi connectivity index (χ0n) is 15.2. The largest absolute Gasteiger partial charge is 0.480 e. The molecule has 0 unspecified atom stereocenters. The third kappa shape index (κ3) is 4.92. The lowest BCUT2D eigenvalue weighted by Crippen LogP contribution is -2.20. The summed E-state index contributed by atoms with van der Waals surface area (Å²) in [6.07, 6.45) is 2.05. The molecule has 0 bridgehead atoms. The first-order chi connectivity index (χ1) is 13.0. The van der Waals surface area contributed by atoms with Crippen molar-refractivity contribution in [3.8, 4) is 0 Å². The molecule has 6 heteroatoms. The lowest BCUT2D eigenvalue weighted by molar-refractivity contribution is -0.137. The fourth-order valence-corrected chi connectivity index (χ4v) is 3.94. The van der Waals surface area contributed by atoms with Gasteiger partial charge in [-0.1, -0.05) is 53.3 Å². The number of thiazole rings is 1. The third-order valence-electron chi connectivity index (χ3n) is 4.31. The molecule has 0 fully saturated rings. The van der Waals surface area contributed by atoms with Crippen molar-refractivity contribution in [2.45, 2.75) is 32.7 Å². The van der Waals surface area contributed by atoms with E-state index in [1.165, 1.54) is 11.3 Å². The zero-order chi connectivity index (χ0) is 19.2. The van der Waals surface area contributed by atoms with Gasteiger partial charge in [0, 0.05) is 18.5 Å². The van der Waals surface area contributed by atoms with Gasteiger partial charge >= 0.3 is 5.97 Å². The number of hydrogen-bond donors (Lipinski definition) is 1. The van der Waals surface area contributed by atoms with Crippen LogP contribution in [-0.4, -0.2) is 28.0 Å². The van der Waals surface area contributed by atoms with Gasteiger partial charge in [0.15, 0.2) is 10.6 Å². The van der Waals surface area contributed by atoms with Gasteiger partial charge in [0.2, 0.25) is 0 Å². The van der Waals surface area contributed by atoms with Crippen LogP contribution in [0.5, 0.6) is 0 Å². The Morgan fingerprint density at radius 3 is 2.56 bits per heavy atom. The first-order valence-electron chi connectivity index (χ1n) is 8.95. The first-order valence-corrected chi connectivity index (χ1v) is 9.77. The van der Waals surface area contributed by atoms with Gasteiger partial charge in [-0.3, -0.25) is 14.6 Å². The van der Waals surface area contributed by atoms with Crippen LogP contribution in [0.25, 0.3) is 10.2 Å². The molecule has 27 heavy (non-hydrogen) atoms. The molecule has 5 nitrogen and oxygen atoms in total. The SMILES string of the molecule is Cc1ccc(C(=O)CCCCN=c2sc3ccccc3n2CC(=O)O)cc1. The maximum atomic E-state index is 12.2. The number of carbonyl (C=O) groups excluding carboxylic acids is 1. The van der Waals surface area contributed by atoms with Gasteiger partial charge in [-0.2, -0.15) is 0 Å². The summed E-state index contributed by atoms with van der Waals surface area (Å²) < 4.78 is 2.76. The van der Waals surface area contributed by atoms with Crippen LogP contribution < -0.4 is 4.80 Å². The summed E-state index contributed by atoms with van der Waals surface area (Å²) in [5.41, 5.74) is 2.78. The normalized spacial score (nSPS) is 11.8. The molecule has 0 atom stereocenters. The topological polar surface area (TPSA) is 71.7 Å². The van der Waals surface area contributed by atoms with Crippen LogP contribution in [0.4, 0.5) is 0 Å². The average molecular weight is 382 g/mol. The second-order valence-electron chi connectivity index (χ2n) is 6.46. The first kappa shape index (κ1) is 19.0.